The van der Waals surface area contributed by atoms with Crippen molar-refractivity contribution in [3.05, 3.63) is 23.8 Å². The van der Waals surface area contributed by atoms with Gasteiger partial charge in [0.05, 0.1) is 14.2 Å². The Labute approximate surface area is 112 Å². The Morgan fingerprint density at radius 3 is 2.58 bits per heavy atom. The summed E-state index contributed by atoms with van der Waals surface area (Å²) in [4.78, 5) is 11.7. The first-order chi connectivity index (χ1) is 9.15. The molecule has 0 spiro atoms. The molecule has 0 heterocycles. The van der Waals surface area contributed by atoms with Gasteiger partial charge >= 0.3 is 0 Å². The van der Waals surface area contributed by atoms with Crippen molar-refractivity contribution < 1.29 is 19.0 Å². The average molecular weight is 268 g/mol. The minimum atomic E-state index is -0.642. The van der Waals surface area contributed by atoms with Gasteiger partial charge in [-0.3, -0.25) is 4.79 Å². The van der Waals surface area contributed by atoms with E-state index in [1.165, 1.54) is 7.11 Å². The van der Waals surface area contributed by atoms with Crippen molar-refractivity contribution in [2.45, 2.75) is 12.6 Å². The molecule has 0 aliphatic rings. The molecule has 0 radical (unpaired) electrons. The van der Waals surface area contributed by atoms with Crippen molar-refractivity contribution in [1.82, 2.24) is 5.32 Å². The molecule has 0 aliphatic heterocycles. The molecule has 6 heteroatoms. The standard InChI is InChI=1S/C13H20N2O4/c1-17-10-4-5-11(18-2)9(6-10)8-15-13(16)12(7-14)19-3/h4-6,12H,7-8,14H2,1-3H3,(H,15,16). The number of nitrogens with one attached hydrogen (secondary N) is 1. The van der Waals surface area contributed by atoms with E-state index < -0.39 is 6.10 Å². The van der Waals surface area contributed by atoms with Gasteiger partial charge in [-0.1, -0.05) is 0 Å². The quantitative estimate of drug-likeness (QED) is 0.743. The lowest BCUT2D eigenvalue weighted by molar-refractivity contribution is -0.130. The fourth-order valence-electron chi connectivity index (χ4n) is 1.63. The highest BCUT2D eigenvalue weighted by atomic mass is 16.5. The number of amides is 1. The van der Waals surface area contributed by atoms with Gasteiger partial charge in [0.15, 0.2) is 0 Å². The van der Waals surface area contributed by atoms with Crippen LogP contribution in [-0.4, -0.2) is 39.9 Å². The number of benzene rings is 1. The van der Waals surface area contributed by atoms with Crippen molar-refractivity contribution in [3.8, 4) is 11.5 Å². The number of carbonyl (C=O) groups excluding carboxylic acids is 1. The Kier molecular flexibility index (Phi) is 6.11. The molecule has 1 aromatic carbocycles. The third-order valence-electron chi connectivity index (χ3n) is 2.73. The lowest BCUT2D eigenvalue weighted by atomic mass is 10.2. The Morgan fingerprint density at radius 1 is 1.32 bits per heavy atom. The molecule has 1 atom stereocenters. The highest BCUT2D eigenvalue weighted by Crippen LogP contribution is 2.23. The van der Waals surface area contributed by atoms with Gasteiger partial charge in [-0.25, -0.2) is 0 Å². The minimum absolute atomic E-state index is 0.136. The molecule has 19 heavy (non-hydrogen) atoms. The van der Waals surface area contributed by atoms with Crippen LogP contribution in [0.25, 0.3) is 0 Å². The normalized spacial score (nSPS) is 11.8. The van der Waals surface area contributed by atoms with E-state index in [2.05, 4.69) is 5.32 Å². The van der Waals surface area contributed by atoms with E-state index >= 15 is 0 Å². The second-order valence-corrected chi connectivity index (χ2v) is 3.86. The van der Waals surface area contributed by atoms with Crippen molar-refractivity contribution in [2.24, 2.45) is 5.73 Å². The third-order valence-corrected chi connectivity index (χ3v) is 2.73. The molecule has 1 amide bonds. The summed E-state index contributed by atoms with van der Waals surface area (Å²) in [6, 6.07) is 5.39. The van der Waals surface area contributed by atoms with Crippen LogP contribution < -0.4 is 20.5 Å². The van der Waals surface area contributed by atoms with Crippen LogP contribution in [0.5, 0.6) is 11.5 Å². The van der Waals surface area contributed by atoms with Crippen molar-refractivity contribution >= 4 is 5.91 Å². The van der Waals surface area contributed by atoms with Gasteiger partial charge in [0.2, 0.25) is 0 Å². The third kappa shape index (κ3) is 4.11. The second kappa shape index (κ2) is 7.60. The van der Waals surface area contributed by atoms with Crippen molar-refractivity contribution in [3.63, 3.8) is 0 Å². The number of methoxy groups -OCH3 is 3. The summed E-state index contributed by atoms with van der Waals surface area (Å²) in [6.07, 6.45) is -0.642. The monoisotopic (exact) mass is 268 g/mol. The van der Waals surface area contributed by atoms with Crippen LogP contribution >= 0.6 is 0 Å². The van der Waals surface area contributed by atoms with Gasteiger partial charge in [-0.05, 0) is 18.2 Å². The zero-order valence-corrected chi connectivity index (χ0v) is 11.4. The zero-order chi connectivity index (χ0) is 14.3. The fraction of sp³-hybridized carbons (Fsp3) is 0.462. The summed E-state index contributed by atoms with van der Waals surface area (Å²) in [5, 5.41) is 2.75. The zero-order valence-electron chi connectivity index (χ0n) is 11.4. The molecule has 6 nitrogen and oxygen atoms in total. The maximum Gasteiger partial charge on any atom is 0.250 e. The van der Waals surface area contributed by atoms with Crippen LogP contribution in [0.15, 0.2) is 18.2 Å². The number of hydrogen-bond donors (Lipinski definition) is 2. The predicted octanol–water partition coefficient (Wildman–Crippen LogP) is 0.294. The van der Waals surface area contributed by atoms with Gasteiger partial charge < -0.3 is 25.3 Å². The first-order valence-corrected chi connectivity index (χ1v) is 5.87. The lowest BCUT2D eigenvalue weighted by Gasteiger charge is -2.15. The molecule has 1 aromatic rings. The number of nitrogens with two attached hydrogens (primary N) is 1. The van der Waals surface area contributed by atoms with Gasteiger partial charge in [0.1, 0.15) is 17.6 Å². The Morgan fingerprint density at radius 2 is 2.05 bits per heavy atom. The molecular formula is C13H20N2O4. The van der Waals surface area contributed by atoms with Crippen LogP contribution in [0.4, 0.5) is 0 Å². The molecule has 1 rings (SSSR count). The summed E-state index contributed by atoms with van der Waals surface area (Å²) < 4.78 is 15.3. The largest absolute Gasteiger partial charge is 0.497 e. The van der Waals surface area contributed by atoms with Crippen LogP contribution in [-0.2, 0) is 16.1 Å². The molecule has 0 aromatic heterocycles. The highest BCUT2D eigenvalue weighted by Gasteiger charge is 2.16. The molecule has 0 aliphatic carbocycles. The fourth-order valence-corrected chi connectivity index (χ4v) is 1.63. The van der Waals surface area contributed by atoms with E-state index in [1.54, 1.807) is 26.4 Å². The Balaban J connectivity index is 2.73. The Bertz CT molecular complexity index is 419. The van der Waals surface area contributed by atoms with Gasteiger partial charge in [0.25, 0.3) is 5.91 Å². The highest BCUT2D eigenvalue weighted by molar-refractivity contribution is 5.81. The number of carbonyl (C=O) groups is 1. The topological polar surface area (TPSA) is 82.8 Å². The molecule has 0 saturated carbocycles. The maximum atomic E-state index is 11.7. The van der Waals surface area contributed by atoms with E-state index in [9.17, 15) is 4.79 Å². The van der Waals surface area contributed by atoms with Crippen LogP contribution in [0.3, 0.4) is 0 Å². The molecule has 0 bridgehead atoms. The van der Waals surface area contributed by atoms with Crippen molar-refractivity contribution in [1.29, 1.82) is 0 Å². The summed E-state index contributed by atoms with van der Waals surface area (Å²) in [5.41, 5.74) is 6.25. The summed E-state index contributed by atoms with van der Waals surface area (Å²) >= 11 is 0. The summed E-state index contributed by atoms with van der Waals surface area (Å²) in [5.74, 6) is 1.13. The molecule has 0 saturated heterocycles. The van der Waals surface area contributed by atoms with Gasteiger partial charge in [-0.15, -0.1) is 0 Å². The van der Waals surface area contributed by atoms with E-state index in [1.807, 2.05) is 6.07 Å². The number of rotatable bonds is 7. The molecule has 1 unspecified atom stereocenters. The molecule has 106 valence electrons. The van der Waals surface area contributed by atoms with E-state index in [4.69, 9.17) is 19.9 Å². The summed E-state index contributed by atoms with van der Waals surface area (Å²) in [6.45, 7) is 0.455. The van der Waals surface area contributed by atoms with Gasteiger partial charge in [0, 0.05) is 25.8 Å². The van der Waals surface area contributed by atoms with Gasteiger partial charge in [-0.2, -0.15) is 0 Å². The first-order valence-electron chi connectivity index (χ1n) is 5.87. The number of ether oxygens (including phenoxy) is 3. The predicted molar refractivity (Wildman–Crippen MR) is 71.2 cm³/mol. The summed E-state index contributed by atoms with van der Waals surface area (Å²) in [7, 11) is 4.60. The average Bonchev–Trinajstić information content (AvgIpc) is 2.45. The van der Waals surface area contributed by atoms with Crippen molar-refractivity contribution in [2.75, 3.05) is 27.9 Å². The van der Waals surface area contributed by atoms with Crippen LogP contribution in [0.1, 0.15) is 5.56 Å². The Hall–Kier alpha value is -1.79. The van der Waals surface area contributed by atoms with Crippen LogP contribution in [0.2, 0.25) is 0 Å². The SMILES string of the molecule is COc1ccc(OC)c(CNC(=O)C(CN)OC)c1. The van der Waals surface area contributed by atoms with Crippen LogP contribution in [0, 0.1) is 0 Å². The lowest BCUT2D eigenvalue weighted by Crippen LogP contribution is -2.40. The molecule has 0 fully saturated rings. The molecule has 3 N–H and O–H groups in total. The maximum absolute atomic E-state index is 11.7. The van der Waals surface area contributed by atoms with E-state index in [0.29, 0.717) is 18.0 Å². The second-order valence-electron chi connectivity index (χ2n) is 3.86. The smallest absolute Gasteiger partial charge is 0.250 e. The first kappa shape index (κ1) is 15.3. The van der Waals surface area contributed by atoms with E-state index in [0.717, 1.165) is 5.56 Å². The number of hydrogen-bond acceptors (Lipinski definition) is 5. The minimum Gasteiger partial charge on any atom is -0.497 e. The molecular weight excluding hydrogens is 248 g/mol. The van der Waals surface area contributed by atoms with E-state index in [-0.39, 0.29) is 12.5 Å².